The minimum atomic E-state index is -0.140. The third-order valence-corrected chi connectivity index (χ3v) is 5.30. The summed E-state index contributed by atoms with van der Waals surface area (Å²) in [5, 5.41) is 0. The van der Waals surface area contributed by atoms with E-state index >= 15 is 0 Å². The number of rotatable bonds is 2. The molecule has 1 saturated heterocycles. The Morgan fingerprint density at radius 3 is 2.46 bits per heavy atom. The van der Waals surface area contributed by atoms with E-state index in [2.05, 4.69) is 0 Å². The number of ketones is 1. The fourth-order valence-corrected chi connectivity index (χ4v) is 3.71. The van der Waals surface area contributed by atoms with Gasteiger partial charge in [-0.05, 0) is 26.2 Å². The first-order chi connectivity index (χ1) is 11.4. The van der Waals surface area contributed by atoms with Crippen molar-refractivity contribution in [3.8, 4) is 0 Å². The Balaban J connectivity index is 1.73. The maximum Gasteiger partial charge on any atom is 0.289 e. The lowest BCUT2D eigenvalue weighted by atomic mass is 9.94. The van der Waals surface area contributed by atoms with Gasteiger partial charge >= 0.3 is 0 Å². The smallest absolute Gasteiger partial charge is 0.289 e. The van der Waals surface area contributed by atoms with E-state index in [1.807, 2.05) is 0 Å². The second-order valence-electron chi connectivity index (χ2n) is 6.78. The fourth-order valence-electron chi connectivity index (χ4n) is 3.71. The van der Waals surface area contributed by atoms with Crippen molar-refractivity contribution in [3.05, 3.63) is 22.6 Å². The van der Waals surface area contributed by atoms with Crippen molar-refractivity contribution in [1.29, 1.82) is 0 Å². The third kappa shape index (κ3) is 2.85. The van der Waals surface area contributed by atoms with Crippen molar-refractivity contribution < 1.29 is 18.8 Å². The molecule has 2 aliphatic rings. The van der Waals surface area contributed by atoms with Crippen molar-refractivity contribution >= 4 is 17.6 Å². The zero-order chi connectivity index (χ0) is 17.4. The minimum Gasteiger partial charge on any atom is -0.455 e. The minimum absolute atomic E-state index is 0.0489. The molecule has 0 spiro atoms. The molecule has 24 heavy (non-hydrogen) atoms. The van der Waals surface area contributed by atoms with Gasteiger partial charge in [0.2, 0.25) is 5.91 Å². The third-order valence-electron chi connectivity index (χ3n) is 5.30. The molecule has 0 bridgehead atoms. The van der Waals surface area contributed by atoms with Gasteiger partial charge in [0.1, 0.15) is 5.76 Å². The first kappa shape index (κ1) is 16.7. The van der Waals surface area contributed by atoms with Crippen molar-refractivity contribution in [2.45, 2.75) is 52.0 Å². The van der Waals surface area contributed by atoms with Crippen LogP contribution in [0.3, 0.4) is 0 Å². The van der Waals surface area contributed by atoms with Crippen LogP contribution < -0.4 is 0 Å². The lowest BCUT2D eigenvalue weighted by Gasteiger charge is -2.36. The number of nitrogens with zero attached hydrogens (tertiary/aromatic N) is 2. The van der Waals surface area contributed by atoms with Gasteiger partial charge in [-0.25, -0.2) is 0 Å². The van der Waals surface area contributed by atoms with Crippen LogP contribution in [0.25, 0.3) is 0 Å². The molecule has 1 fully saturated rings. The molecule has 0 radical (unpaired) electrons. The molecule has 130 valence electrons. The Morgan fingerprint density at radius 1 is 1.21 bits per heavy atom. The number of likely N-dealkylation sites (tertiary alicyclic amines) is 1. The summed E-state index contributed by atoms with van der Waals surface area (Å²) in [6.07, 6.45) is 3.57. The zero-order valence-corrected chi connectivity index (χ0v) is 14.6. The van der Waals surface area contributed by atoms with Crippen LogP contribution in [0.5, 0.6) is 0 Å². The molecule has 0 saturated carbocycles. The number of aryl methyl sites for hydroxylation is 1. The SMILES string of the molecule is CC(=O)N(C)C1CCN(C(=O)c2oc3c(c2C)C(=O)CCC3)CC1. The van der Waals surface area contributed by atoms with E-state index in [9.17, 15) is 14.4 Å². The largest absolute Gasteiger partial charge is 0.455 e. The van der Waals surface area contributed by atoms with Crippen LogP contribution in [0.2, 0.25) is 0 Å². The Labute approximate surface area is 141 Å². The Hall–Kier alpha value is -2.11. The van der Waals surface area contributed by atoms with Crippen LogP contribution in [0.4, 0.5) is 0 Å². The number of furan rings is 1. The van der Waals surface area contributed by atoms with E-state index in [0.717, 1.165) is 25.7 Å². The number of piperidine rings is 1. The quantitative estimate of drug-likeness (QED) is 0.832. The monoisotopic (exact) mass is 332 g/mol. The summed E-state index contributed by atoms with van der Waals surface area (Å²) >= 11 is 0. The Kier molecular flexibility index (Phi) is 4.47. The van der Waals surface area contributed by atoms with Gasteiger partial charge in [0, 0.05) is 51.5 Å². The molecule has 0 atom stereocenters. The van der Waals surface area contributed by atoms with Crippen LogP contribution in [-0.4, -0.2) is 53.6 Å². The topological polar surface area (TPSA) is 70.8 Å². The standard InChI is InChI=1S/C18H24N2O4/c1-11-16-14(22)5-4-6-15(16)24-17(11)18(23)20-9-7-13(8-10-20)19(3)12(2)21/h13H,4-10H2,1-3H3. The normalized spacial score (nSPS) is 18.5. The van der Waals surface area contributed by atoms with Crippen LogP contribution in [0.1, 0.15) is 64.8 Å². The molecular formula is C18H24N2O4. The maximum absolute atomic E-state index is 12.8. The maximum atomic E-state index is 12.8. The van der Waals surface area contributed by atoms with Gasteiger partial charge in [-0.1, -0.05) is 0 Å². The highest BCUT2D eigenvalue weighted by Gasteiger charge is 2.33. The number of amides is 2. The van der Waals surface area contributed by atoms with E-state index in [1.165, 1.54) is 0 Å². The van der Waals surface area contributed by atoms with Gasteiger partial charge < -0.3 is 14.2 Å². The molecule has 2 amide bonds. The highest BCUT2D eigenvalue weighted by Crippen LogP contribution is 2.30. The Bertz CT molecular complexity index is 683. The molecule has 1 aromatic rings. The first-order valence-electron chi connectivity index (χ1n) is 8.58. The number of fused-ring (bicyclic) bond motifs is 1. The lowest BCUT2D eigenvalue weighted by molar-refractivity contribution is -0.130. The molecule has 6 nitrogen and oxygen atoms in total. The Morgan fingerprint density at radius 2 is 1.88 bits per heavy atom. The van der Waals surface area contributed by atoms with Gasteiger partial charge in [-0.15, -0.1) is 0 Å². The molecule has 6 heteroatoms. The fraction of sp³-hybridized carbons (Fsp3) is 0.611. The summed E-state index contributed by atoms with van der Waals surface area (Å²) in [6.45, 7) is 4.56. The molecule has 0 N–H and O–H groups in total. The first-order valence-corrected chi connectivity index (χ1v) is 8.58. The molecule has 1 aromatic heterocycles. The highest BCUT2D eigenvalue weighted by atomic mass is 16.4. The number of Topliss-reactive ketones (excluding diaryl/α,β-unsaturated/α-hetero) is 1. The lowest BCUT2D eigenvalue weighted by Crippen LogP contribution is -2.46. The van der Waals surface area contributed by atoms with Crippen LogP contribution in [0.15, 0.2) is 4.42 Å². The summed E-state index contributed by atoms with van der Waals surface area (Å²) in [5.74, 6) is 0.969. The summed E-state index contributed by atoms with van der Waals surface area (Å²) in [4.78, 5) is 39.9. The van der Waals surface area contributed by atoms with Gasteiger partial charge in [0.25, 0.3) is 5.91 Å². The average Bonchev–Trinajstić information content (AvgIpc) is 2.91. The number of carbonyl (C=O) groups is 3. The van der Waals surface area contributed by atoms with Gasteiger partial charge in [0.15, 0.2) is 11.5 Å². The van der Waals surface area contributed by atoms with Crippen molar-refractivity contribution in [3.63, 3.8) is 0 Å². The van der Waals surface area contributed by atoms with Crippen molar-refractivity contribution in [2.75, 3.05) is 20.1 Å². The van der Waals surface area contributed by atoms with E-state index in [1.54, 1.807) is 30.7 Å². The van der Waals surface area contributed by atoms with Crippen molar-refractivity contribution in [1.82, 2.24) is 9.80 Å². The van der Waals surface area contributed by atoms with Crippen LogP contribution in [-0.2, 0) is 11.2 Å². The molecule has 0 unspecified atom stereocenters. The van der Waals surface area contributed by atoms with E-state index in [4.69, 9.17) is 4.42 Å². The molecular weight excluding hydrogens is 308 g/mol. The highest BCUT2D eigenvalue weighted by molar-refractivity contribution is 6.03. The number of carbonyl (C=O) groups excluding carboxylic acids is 3. The van der Waals surface area contributed by atoms with E-state index in [-0.39, 0.29) is 23.6 Å². The second kappa shape index (κ2) is 6.42. The zero-order valence-electron chi connectivity index (χ0n) is 14.6. The summed E-state index contributed by atoms with van der Waals surface area (Å²) in [5.41, 5.74) is 1.30. The van der Waals surface area contributed by atoms with Crippen molar-refractivity contribution in [2.24, 2.45) is 0 Å². The molecule has 1 aliphatic heterocycles. The summed E-state index contributed by atoms with van der Waals surface area (Å²) in [6, 6.07) is 0.180. The molecule has 1 aliphatic carbocycles. The van der Waals surface area contributed by atoms with Crippen LogP contribution in [0, 0.1) is 6.92 Å². The second-order valence-corrected chi connectivity index (χ2v) is 6.78. The van der Waals surface area contributed by atoms with E-state index in [0.29, 0.717) is 42.2 Å². The number of hydrogen-bond donors (Lipinski definition) is 0. The van der Waals surface area contributed by atoms with Crippen LogP contribution >= 0.6 is 0 Å². The molecule has 2 heterocycles. The molecule has 0 aromatic carbocycles. The van der Waals surface area contributed by atoms with Gasteiger partial charge in [0.05, 0.1) is 5.56 Å². The summed E-state index contributed by atoms with van der Waals surface area (Å²) < 4.78 is 5.76. The predicted octanol–water partition coefficient (Wildman–Crippen LogP) is 2.19. The van der Waals surface area contributed by atoms with Gasteiger partial charge in [-0.3, -0.25) is 14.4 Å². The predicted molar refractivity (Wildman–Crippen MR) is 88.1 cm³/mol. The van der Waals surface area contributed by atoms with E-state index < -0.39 is 0 Å². The average molecular weight is 332 g/mol. The molecule has 3 rings (SSSR count). The summed E-state index contributed by atoms with van der Waals surface area (Å²) in [7, 11) is 1.81. The van der Waals surface area contributed by atoms with Gasteiger partial charge in [-0.2, -0.15) is 0 Å². The number of hydrogen-bond acceptors (Lipinski definition) is 4.